The van der Waals surface area contributed by atoms with Gasteiger partial charge in [-0.3, -0.25) is 9.52 Å². The molecule has 0 spiro atoms. The molecule has 0 aromatic heterocycles. The van der Waals surface area contributed by atoms with Gasteiger partial charge in [-0.1, -0.05) is 35.4 Å². The third-order valence-corrected chi connectivity index (χ3v) is 4.93. The zero-order valence-corrected chi connectivity index (χ0v) is 14.6. The molecule has 0 aliphatic heterocycles. The molecule has 0 bridgehead atoms. The summed E-state index contributed by atoms with van der Waals surface area (Å²) in [6.45, 7) is 5.67. The summed E-state index contributed by atoms with van der Waals surface area (Å²) < 4.78 is 27.2. The number of anilines is 1. The van der Waals surface area contributed by atoms with E-state index in [1.807, 2.05) is 6.92 Å². The molecule has 0 saturated carbocycles. The normalized spacial score (nSPS) is 10.9. The molecule has 0 aliphatic rings. The average Bonchev–Trinajstić information content (AvgIpc) is 2.54. The van der Waals surface area contributed by atoms with Gasteiger partial charge in [0.1, 0.15) is 0 Å². The summed E-state index contributed by atoms with van der Waals surface area (Å²) in [6, 6.07) is 10.8. The fourth-order valence-corrected chi connectivity index (χ4v) is 3.21. The Morgan fingerprint density at radius 2 is 1.88 bits per heavy atom. The number of halogens is 1. The molecule has 126 valence electrons. The van der Waals surface area contributed by atoms with Crippen LogP contribution in [0.2, 0.25) is 5.02 Å². The first-order chi connectivity index (χ1) is 11.3. The Hall–Kier alpha value is -2.31. The van der Waals surface area contributed by atoms with Gasteiger partial charge in [0.05, 0.1) is 15.5 Å². The highest BCUT2D eigenvalue weighted by molar-refractivity contribution is 7.92. The quantitative estimate of drug-likeness (QED) is 0.772. The molecular formula is C17H17ClN2O3S. The average molecular weight is 365 g/mol. The Kier molecular flexibility index (Phi) is 5.64. The monoisotopic (exact) mass is 364 g/mol. The maximum atomic E-state index is 12.4. The first-order valence-electron chi connectivity index (χ1n) is 7.11. The molecule has 2 aromatic rings. The van der Waals surface area contributed by atoms with E-state index in [4.69, 9.17) is 11.6 Å². The number of carbonyl (C=O) groups excluding carboxylic acids is 1. The summed E-state index contributed by atoms with van der Waals surface area (Å²) >= 11 is 6.01. The second-order valence-electron chi connectivity index (χ2n) is 5.11. The van der Waals surface area contributed by atoms with Crippen LogP contribution in [0.5, 0.6) is 0 Å². The highest BCUT2D eigenvalue weighted by atomic mass is 35.5. The molecule has 2 rings (SSSR count). The van der Waals surface area contributed by atoms with Crippen LogP contribution in [0.15, 0.2) is 60.0 Å². The third-order valence-electron chi connectivity index (χ3n) is 3.20. The van der Waals surface area contributed by atoms with Crippen LogP contribution in [-0.4, -0.2) is 20.9 Å². The van der Waals surface area contributed by atoms with Crippen LogP contribution in [0.3, 0.4) is 0 Å². The topological polar surface area (TPSA) is 75.3 Å². The number of carbonyl (C=O) groups is 1. The molecule has 1 amide bonds. The Morgan fingerprint density at radius 1 is 1.21 bits per heavy atom. The van der Waals surface area contributed by atoms with Crippen LogP contribution in [0.25, 0.3) is 0 Å². The lowest BCUT2D eigenvalue weighted by Gasteiger charge is -2.11. The van der Waals surface area contributed by atoms with Gasteiger partial charge >= 0.3 is 0 Å². The van der Waals surface area contributed by atoms with Crippen LogP contribution in [0, 0.1) is 6.92 Å². The molecule has 24 heavy (non-hydrogen) atoms. The summed E-state index contributed by atoms with van der Waals surface area (Å²) in [5.41, 5.74) is 1.40. The van der Waals surface area contributed by atoms with Gasteiger partial charge in [-0.25, -0.2) is 8.42 Å². The van der Waals surface area contributed by atoms with Crippen molar-refractivity contribution in [2.75, 3.05) is 11.3 Å². The smallest absolute Gasteiger partial charge is 0.261 e. The van der Waals surface area contributed by atoms with Crippen molar-refractivity contribution in [1.82, 2.24) is 5.32 Å². The highest BCUT2D eigenvalue weighted by Crippen LogP contribution is 2.23. The van der Waals surface area contributed by atoms with Crippen LogP contribution in [-0.2, 0) is 10.0 Å². The van der Waals surface area contributed by atoms with Crippen LogP contribution in [0.4, 0.5) is 5.69 Å². The molecule has 0 fully saturated rings. The zero-order valence-electron chi connectivity index (χ0n) is 13.0. The molecule has 0 radical (unpaired) electrons. The molecular weight excluding hydrogens is 348 g/mol. The summed E-state index contributed by atoms with van der Waals surface area (Å²) in [5.74, 6) is -0.406. The standard InChI is InChI=1S/C17H17ClN2O3S/c1-3-10-19-17(21)15-11-13(6-9-16(15)18)20-24(22,23)14-7-4-12(2)5-8-14/h3-9,11,20H,1,10H2,2H3,(H,19,21). The summed E-state index contributed by atoms with van der Waals surface area (Å²) in [5, 5.41) is 2.83. The molecule has 0 aliphatic carbocycles. The van der Waals surface area contributed by atoms with Crippen LogP contribution < -0.4 is 10.0 Å². The summed E-state index contributed by atoms with van der Waals surface area (Å²) in [4.78, 5) is 12.2. The van der Waals surface area contributed by atoms with E-state index in [2.05, 4.69) is 16.6 Å². The van der Waals surface area contributed by atoms with Gasteiger partial charge < -0.3 is 5.32 Å². The molecule has 7 heteroatoms. The minimum absolute atomic E-state index is 0.140. The highest BCUT2D eigenvalue weighted by Gasteiger charge is 2.16. The summed E-state index contributed by atoms with van der Waals surface area (Å²) in [7, 11) is -3.74. The Morgan fingerprint density at radius 3 is 2.50 bits per heavy atom. The van der Waals surface area contributed by atoms with Gasteiger partial charge in [0.2, 0.25) is 0 Å². The second kappa shape index (κ2) is 7.51. The molecule has 2 aromatic carbocycles. The molecule has 5 nitrogen and oxygen atoms in total. The minimum Gasteiger partial charge on any atom is -0.349 e. The number of sulfonamides is 1. The van der Waals surface area contributed by atoms with E-state index < -0.39 is 15.9 Å². The molecule has 0 unspecified atom stereocenters. The number of nitrogens with one attached hydrogen (secondary N) is 2. The predicted octanol–water partition coefficient (Wildman–Crippen LogP) is 3.37. The SMILES string of the molecule is C=CCNC(=O)c1cc(NS(=O)(=O)c2ccc(C)cc2)ccc1Cl. The number of hydrogen-bond donors (Lipinski definition) is 2. The van der Waals surface area contributed by atoms with Gasteiger partial charge in [0.25, 0.3) is 15.9 Å². The first kappa shape index (κ1) is 18.0. The van der Waals surface area contributed by atoms with E-state index in [-0.39, 0.29) is 27.7 Å². The van der Waals surface area contributed by atoms with Gasteiger partial charge in [-0.2, -0.15) is 0 Å². The van der Waals surface area contributed by atoms with Gasteiger partial charge in [0.15, 0.2) is 0 Å². The van der Waals surface area contributed by atoms with Crippen LogP contribution >= 0.6 is 11.6 Å². The number of amides is 1. The maximum absolute atomic E-state index is 12.4. The Balaban J connectivity index is 2.28. The van der Waals surface area contributed by atoms with Crippen LogP contribution in [0.1, 0.15) is 15.9 Å². The van der Waals surface area contributed by atoms with Crippen molar-refractivity contribution >= 4 is 33.2 Å². The van der Waals surface area contributed by atoms with Crippen molar-refractivity contribution in [2.24, 2.45) is 0 Å². The molecule has 0 heterocycles. The van der Waals surface area contributed by atoms with E-state index in [0.717, 1.165) is 5.56 Å². The first-order valence-corrected chi connectivity index (χ1v) is 8.98. The van der Waals surface area contributed by atoms with Crippen molar-refractivity contribution in [3.63, 3.8) is 0 Å². The lowest BCUT2D eigenvalue weighted by atomic mass is 10.2. The number of aryl methyl sites for hydroxylation is 1. The van der Waals surface area contributed by atoms with E-state index in [1.54, 1.807) is 12.1 Å². The molecule has 2 N–H and O–H groups in total. The maximum Gasteiger partial charge on any atom is 0.261 e. The Labute approximate surface area is 146 Å². The predicted molar refractivity (Wildman–Crippen MR) is 96.0 cm³/mol. The zero-order chi connectivity index (χ0) is 17.7. The number of hydrogen-bond acceptors (Lipinski definition) is 3. The van der Waals surface area contributed by atoms with Gasteiger partial charge in [0, 0.05) is 12.2 Å². The number of benzene rings is 2. The van der Waals surface area contributed by atoms with Gasteiger partial charge in [-0.05, 0) is 37.3 Å². The van der Waals surface area contributed by atoms with Crippen molar-refractivity contribution in [2.45, 2.75) is 11.8 Å². The largest absolute Gasteiger partial charge is 0.349 e. The minimum atomic E-state index is -3.74. The molecule has 0 saturated heterocycles. The third kappa shape index (κ3) is 4.37. The molecule has 0 atom stereocenters. The van der Waals surface area contributed by atoms with Crippen molar-refractivity contribution in [1.29, 1.82) is 0 Å². The Bertz CT molecular complexity index is 862. The fourth-order valence-electron chi connectivity index (χ4n) is 1.95. The van der Waals surface area contributed by atoms with E-state index in [0.29, 0.717) is 0 Å². The van der Waals surface area contributed by atoms with Crippen molar-refractivity contribution < 1.29 is 13.2 Å². The van der Waals surface area contributed by atoms with E-state index in [9.17, 15) is 13.2 Å². The summed E-state index contributed by atoms with van der Waals surface area (Å²) in [6.07, 6.45) is 1.54. The fraction of sp³-hybridized carbons (Fsp3) is 0.118. The lowest BCUT2D eigenvalue weighted by Crippen LogP contribution is -2.23. The second-order valence-corrected chi connectivity index (χ2v) is 7.20. The van der Waals surface area contributed by atoms with E-state index >= 15 is 0 Å². The number of rotatable bonds is 6. The van der Waals surface area contributed by atoms with E-state index in [1.165, 1.54) is 36.4 Å². The lowest BCUT2D eigenvalue weighted by molar-refractivity contribution is 0.0958. The van der Waals surface area contributed by atoms with Crippen molar-refractivity contribution in [3.8, 4) is 0 Å². The van der Waals surface area contributed by atoms with Crippen molar-refractivity contribution in [3.05, 3.63) is 71.3 Å². The van der Waals surface area contributed by atoms with Gasteiger partial charge in [-0.15, -0.1) is 6.58 Å².